The first-order valence-electron chi connectivity index (χ1n) is 6.18. The minimum atomic E-state index is 0.666. The number of aryl methyl sites for hydroxylation is 1. The van der Waals surface area contributed by atoms with Gasteiger partial charge in [0.25, 0.3) is 0 Å². The molecule has 0 aliphatic heterocycles. The van der Waals surface area contributed by atoms with Crippen LogP contribution in [-0.2, 0) is 6.54 Å². The molecule has 0 amide bonds. The Bertz CT molecular complexity index is 706. The van der Waals surface area contributed by atoms with Crippen LogP contribution in [0.15, 0.2) is 42.9 Å². The van der Waals surface area contributed by atoms with Gasteiger partial charge in [-0.15, -0.1) is 11.3 Å². The lowest BCUT2D eigenvalue weighted by molar-refractivity contribution is 0.880. The summed E-state index contributed by atoms with van der Waals surface area (Å²) >= 11 is 7.98. The second-order valence-corrected chi connectivity index (χ2v) is 6.01. The predicted octanol–water partition coefficient (Wildman–Crippen LogP) is 3.90. The molecule has 0 saturated carbocycles. The molecule has 1 aromatic carbocycles. The van der Waals surface area contributed by atoms with Gasteiger partial charge in [0.15, 0.2) is 0 Å². The maximum absolute atomic E-state index is 6.30. The highest BCUT2D eigenvalue weighted by molar-refractivity contribution is 7.11. The topological polar surface area (TPSA) is 42.7 Å². The van der Waals surface area contributed by atoms with Crippen molar-refractivity contribution in [2.45, 2.75) is 13.5 Å². The molecule has 102 valence electrons. The Labute approximate surface area is 126 Å². The largest absolute Gasteiger partial charge is 0.378 e. The first-order chi connectivity index (χ1) is 9.74. The zero-order chi connectivity index (χ0) is 13.9. The molecule has 0 radical (unpaired) electrons. The van der Waals surface area contributed by atoms with Crippen LogP contribution in [0.4, 0.5) is 5.69 Å². The molecule has 1 N–H and O–H groups in total. The smallest absolute Gasteiger partial charge is 0.106 e. The summed E-state index contributed by atoms with van der Waals surface area (Å²) in [6.45, 7) is 2.73. The Balaban J connectivity index is 1.88. The molecule has 2 heterocycles. The van der Waals surface area contributed by atoms with E-state index in [-0.39, 0.29) is 0 Å². The highest BCUT2D eigenvalue weighted by atomic mass is 35.5. The van der Waals surface area contributed by atoms with Gasteiger partial charge in [0.05, 0.1) is 22.3 Å². The van der Waals surface area contributed by atoms with E-state index in [0.29, 0.717) is 5.02 Å². The van der Waals surface area contributed by atoms with Crippen molar-refractivity contribution in [1.29, 1.82) is 0 Å². The molecule has 0 atom stereocenters. The summed E-state index contributed by atoms with van der Waals surface area (Å²) in [6.07, 6.45) is 5.51. The fourth-order valence-corrected chi connectivity index (χ4v) is 2.96. The van der Waals surface area contributed by atoms with Gasteiger partial charge in [-0.3, -0.25) is 0 Å². The molecule has 0 unspecified atom stereocenters. The van der Waals surface area contributed by atoms with Gasteiger partial charge in [0, 0.05) is 23.5 Å². The summed E-state index contributed by atoms with van der Waals surface area (Å²) in [7, 11) is 0. The van der Waals surface area contributed by atoms with Crippen molar-refractivity contribution in [3.8, 4) is 5.69 Å². The minimum absolute atomic E-state index is 0.666. The molecule has 2 aromatic heterocycles. The minimum Gasteiger partial charge on any atom is -0.378 e. The number of aromatic nitrogens is 3. The van der Waals surface area contributed by atoms with E-state index in [9.17, 15) is 0 Å². The Morgan fingerprint density at radius 3 is 2.95 bits per heavy atom. The number of para-hydroxylation sites is 1. The summed E-state index contributed by atoms with van der Waals surface area (Å²) in [5, 5.41) is 9.38. The number of halogens is 1. The Morgan fingerprint density at radius 2 is 2.25 bits per heavy atom. The molecule has 0 aliphatic rings. The fraction of sp³-hybridized carbons (Fsp3) is 0.143. The van der Waals surface area contributed by atoms with Crippen molar-refractivity contribution in [3.63, 3.8) is 0 Å². The summed E-state index contributed by atoms with van der Waals surface area (Å²) in [4.78, 5) is 5.44. The molecular formula is C14H13ClN4S. The Kier molecular flexibility index (Phi) is 3.71. The molecule has 0 aliphatic carbocycles. The van der Waals surface area contributed by atoms with Gasteiger partial charge < -0.3 is 5.32 Å². The predicted molar refractivity (Wildman–Crippen MR) is 82.8 cm³/mol. The molecule has 4 nitrogen and oxygen atoms in total. The lowest BCUT2D eigenvalue weighted by Crippen LogP contribution is -2.04. The highest BCUT2D eigenvalue weighted by Gasteiger charge is 2.09. The summed E-state index contributed by atoms with van der Waals surface area (Å²) in [5.74, 6) is 0. The van der Waals surface area contributed by atoms with Crippen LogP contribution < -0.4 is 5.32 Å². The van der Waals surface area contributed by atoms with E-state index in [1.54, 1.807) is 22.2 Å². The van der Waals surface area contributed by atoms with Crippen LogP contribution in [-0.4, -0.2) is 14.8 Å². The first kappa shape index (κ1) is 13.1. The van der Waals surface area contributed by atoms with Crippen molar-refractivity contribution in [2.75, 3.05) is 5.32 Å². The van der Waals surface area contributed by atoms with Gasteiger partial charge in [0.1, 0.15) is 5.69 Å². The average Bonchev–Trinajstić information content (AvgIpc) is 3.08. The van der Waals surface area contributed by atoms with Crippen LogP contribution in [0.2, 0.25) is 5.02 Å². The van der Waals surface area contributed by atoms with E-state index in [1.165, 1.54) is 4.88 Å². The normalized spacial score (nSPS) is 10.7. The quantitative estimate of drug-likeness (QED) is 0.795. The third-order valence-corrected chi connectivity index (χ3v) is 4.06. The maximum Gasteiger partial charge on any atom is 0.106 e. The van der Waals surface area contributed by atoms with E-state index in [2.05, 4.69) is 15.4 Å². The van der Waals surface area contributed by atoms with Gasteiger partial charge in [-0.05, 0) is 25.1 Å². The number of nitrogens with zero attached hydrogens (tertiary/aromatic N) is 3. The molecule has 3 rings (SSSR count). The van der Waals surface area contributed by atoms with Crippen LogP contribution >= 0.6 is 22.9 Å². The standard InChI is InChI=1S/C14H13ClN4S/c1-10-16-8-11(20-10)9-17-13-5-2-4-12(15)14(13)19-7-3-6-18-19/h2-8,17H,9H2,1H3. The number of anilines is 1. The van der Waals surface area contributed by atoms with Gasteiger partial charge in [-0.1, -0.05) is 17.7 Å². The van der Waals surface area contributed by atoms with E-state index >= 15 is 0 Å². The molecule has 3 aromatic rings. The van der Waals surface area contributed by atoms with Crippen LogP contribution in [0, 0.1) is 6.92 Å². The van der Waals surface area contributed by atoms with Crippen molar-refractivity contribution < 1.29 is 0 Å². The Hall–Kier alpha value is -1.85. The van der Waals surface area contributed by atoms with Gasteiger partial charge in [-0.2, -0.15) is 5.10 Å². The molecule has 0 spiro atoms. The first-order valence-corrected chi connectivity index (χ1v) is 7.37. The van der Waals surface area contributed by atoms with Crippen molar-refractivity contribution in [1.82, 2.24) is 14.8 Å². The second-order valence-electron chi connectivity index (χ2n) is 4.29. The summed E-state index contributed by atoms with van der Waals surface area (Å²) in [5.41, 5.74) is 1.81. The third-order valence-electron chi connectivity index (χ3n) is 2.84. The molecule has 6 heteroatoms. The van der Waals surface area contributed by atoms with E-state index in [0.717, 1.165) is 22.9 Å². The van der Waals surface area contributed by atoms with Crippen LogP contribution in [0.1, 0.15) is 9.88 Å². The molecular weight excluding hydrogens is 292 g/mol. The SMILES string of the molecule is Cc1ncc(CNc2cccc(Cl)c2-n2cccn2)s1. The number of hydrogen-bond donors (Lipinski definition) is 1. The van der Waals surface area contributed by atoms with E-state index in [1.807, 2.05) is 43.6 Å². The Morgan fingerprint density at radius 1 is 1.35 bits per heavy atom. The number of hydrogen-bond acceptors (Lipinski definition) is 4. The van der Waals surface area contributed by atoms with Crippen LogP contribution in [0.3, 0.4) is 0 Å². The van der Waals surface area contributed by atoms with Crippen molar-refractivity contribution >= 4 is 28.6 Å². The molecule has 0 saturated heterocycles. The van der Waals surface area contributed by atoms with Crippen LogP contribution in [0.25, 0.3) is 5.69 Å². The third kappa shape index (κ3) is 2.69. The van der Waals surface area contributed by atoms with E-state index in [4.69, 9.17) is 11.6 Å². The number of thiazole rings is 1. The van der Waals surface area contributed by atoms with Crippen molar-refractivity contribution in [2.24, 2.45) is 0 Å². The number of benzene rings is 1. The van der Waals surface area contributed by atoms with Gasteiger partial charge in [0.2, 0.25) is 0 Å². The molecule has 20 heavy (non-hydrogen) atoms. The van der Waals surface area contributed by atoms with E-state index < -0.39 is 0 Å². The lowest BCUT2D eigenvalue weighted by atomic mass is 10.2. The highest BCUT2D eigenvalue weighted by Crippen LogP contribution is 2.28. The lowest BCUT2D eigenvalue weighted by Gasteiger charge is -2.12. The monoisotopic (exact) mass is 304 g/mol. The summed E-state index contributed by atoms with van der Waals surface area (Å²) in [6, 6.07) is 7.66. The average molecular weight is 305 g/mol. The zero-order valence-corrected chi connectivity index (χ0v) is 12.4. The number of rotatable bonds is 4. The van der Waals surface area contributed by atoms with Crippen molar-refractivity contribution in [3.05, 3.63) is 57.8 Å². The maximum atomic E-state index is 6.30. The van der Waals surface area contributed by atoms with Gasteiger partial charge >= 0.3 is 0 Å². The number of nitrogens with one attached hydrogen (secondary N) is 1. The second kappa shape index (κ2) is 5.64. The van der Waals surface area contributed by atoms with Crippen LogP contribution in [0.5, 0.6) is 0 Å². The zero-order valence-electron chi connectivity index (χ0n) is 10.9. The summed E-state index contributed by atoms with van der Waals surface area (Å²) < 4.78 is 1.77. The molecule has 0 bridgehead atoms. The van der Waals surface area contributed by atoms with Gasteiger partial charge in [-0.25, -0.2) is 9.67 Å². The fourth-order valence-electron chi connectivity index (χ4n) is 1.96. The molecule has 0 fully saturated rings.